The molecule has 2 aromatic heterocycles. The Balaban J connectivity index is 1.62. The summed E-state index contributed by atoms with van der Waals surface area (Å²) in [6.45, 7) is 1.93. The number of aryl methyl sites for hydroxylation is 2. The van der Waals surface area contributed by atoms with E-state index in [9.17, 15) is 4.79 Å². The van der Waals surface area contributed by atoms with E-state index in [1.807, 2.05) is 44.3 Å². The quantitative estimate of drug-likeness (QED) is 0.722. The summed E-state index contributed by atoms with van der Waals surface area (Å²) in [6, 6.07) is 9.53. The second-order valence-electron chi connectivity index (χ2n) is 5.32. The fourth-order valence-electron chi connectivity index (χ4n) is 2.39. The summed E-state index contributed by atoms with van der Waals surface area (Å²) in [4.78, 5) is 17.5. The SMILES string of the molecule is COc1ccc(SCC(=O)Nc2cnc3c(c2)c(C)nn3C)cc1. The number of methoxy groups -OCH3 is 1. The van der Waals surface area contributed by atoms with Crippen LogP contribution in [0.3, 0.4) is 0 Å². The molecule has 0 aliphatic rings. The number of aromatic nitrogens is 3. The zero-order valence-electron chi connectivity index (χ0n) is 13.7. The van der Waals surface area contributed by atoms with Crippen molar-refractivity contribution in [1.82, 2.24) is 14.8 Å². The molecule has 3 aromatic rings. The summed E-state index contributed by atoms with van der Waals surface area (Å²) >= 11 is 1.47. The second-order valence-corrected chi connectivity index (χ2v) is 6.37. The van der Waals surface area contributed by atoms with Gasteiger partial charge in [-0.05, 0) is 37.3 Å². The lowest BCUT2D eigenvalue weighted by Gasteiger charge is -2.06. The third-order valence-electron chi connectivity index (χ3n) is 3.58. The zero-order valence-corrected chi connectivity index (χ0v) is 14.6. The van der Waals surface area contributed by atoms with E-state index < -0.39 is 0 Å². The predicted molar refractivity (Wildman–Crippen MR) is 95.6 cm³/mol. The first-order valence-corrected chi connectivity index (χ1v) is 8.41. The molecule has 0 saturated carbocycles. The van der Waals surface area contributed by atoms with Gasteiger partial charge in [0, 0.05) is 17.3 Å². The first-order chi connectivity index (χ1) is 11.6. The number of carbonyl (C=O) groups excluding carboxylic acids is 1. The largest absolute Gasteiger partial charge is 0.497 e. The summed E-state index contributed by atoms with van der Waals surface area (Å²) in [5.41, 5.74) is 2.38. The molecular formula is C17H18N4O2S. The molecule has 1 N–H and O–H groups in total. The fraction of sp³-hybridized carbons (Fsp3) is 0.235. The van der Waals surface area contributed by atoms with Gasteiger partial charge in [0.2, 0.25) is 5.91 Å². The average molecular weight is 342 g/mol. The summed E-state index contributed by atoms with van der Waals surface area (Å²) < 4.78 is 6.85. The molecule has 3 rings (SSSR count). The number of nitrogens with zero attached hydrogens (tertiary/aromatic N) is 3. The lowest BCUT2D eigenvalue weighted by molar-refractivity contribution is -0.113. The molecule has 24 heavy (non-hydrogen) atoms. The van der Waals surface area contributed by atoms with Crippen LogP contribution in [0.1, 0.15) is 5.69 Å². The number of amides is 1. The maximum atomic E-state index is 12.1. The molecule has 0 saturated heterocycles. The maximum Gasteiger partial charge on any atom is 0.234 e. The van der Waals surface area contributed by atoms with E-state index in [1.54, 1.807) is 18.0 Å². The van der Waals surface area contributed by atoms with E-state index in [-0.39, 0.29) is 5.91 Å². The molecule has 0 unspecified atom stereocenters. The number of nitrogens with one attached hydrogen (secondary N) is 1. The van der Waals surface area contributed by atoms with Gasteiger partial charge in [0.1, 0.15) is 5.75 Å². The minimum absolute atomic E-state index is 0.0708. The van der Waals surface area contributed by atoms with Crippen molar-refractivity contribution in [2.75, 3.05) is 18.2 Å². The first-order valence-electron chi connectivity index (χ1n) is 7.43. The number of benzene rings is 1. The van der Waals surface area contributed by atoms with Crippen molar-refractivity contribution >= 4 is 34.4 Å². The lowest BCUT2D eigenvalue weighted by atomic mass is 10.2. The van der Waals surface area contributed by atoms with E-state index in [0.29, 0.717) is 11.4 Å². The molecule has 0 aliphatic carbocycles. The highest BCUT2D eigenvalue weighted by Crippen LogP contribution is 2.22. The number of hydrogen-bond donors (Lipinski definition) is 1. The van der Waals surface area contributed by atoms with Gasteiger partial charge >= 0.3 is 0 Å². The number of fused-ring (bicyclic) bond motifs is 1. The molecular weight excluding hydrogens is 324 g/mol. The number of thioether (sulfide) groups is 1. The Morgan fingerprint density at radius 3 is 2.79 bits per heavy atom. The van der Waals surface area contributed by atoms with Crippen molar-refractivity contribution in [2.24, 2.45) is 7.05 Å². The van der Waals surface area contributed by atoms with E-state index in [1.165, 1.54) is 11.8 Å². The summed E-state index contributed by atoms with van der Waals surface area (Å²) in [7, 11) is 3.48. The molecule has 124 valence electrons. The Morgan fingerprint density at radius 2 is 2.08 bits per heavy atom. The molecule has 0 fully saturated rings. The van der Waals surface area contributed by atoms with Crippen LogP contribution >= 0.6 is 11.8 Å². The molecule has 2 heterocycles. The Hall–Kier alpha value is -2.54. The van der Waals surface area contributed by atoms with Crippen molar-refractivity contribution in [3.05, 3.63) is 42.2 Å². The highest BCUT2D eigenvalue weighted by Gasteiger charge is 2.09. The van der Waals surface area contributed by atoms with Crippen LogP contribution < -0.4 is 10.1 Å². The fourth-order valence-corrected chi connectivity index (χ4v) is 3.09. The minimum Gasteiger partial charge on any atom is -0.497 e. The van der Waals surface area contributed by atoms with Crippen molar-refractivity contribution < 1.29 is 9.53 Å². The van der Waals surface area contributed by atoms with Crippen LogP contribution in [0.25, 0.3) is 11.0 Å². The summed E-state index contributed by atoms with van der Waals surface area (Å²) in [5.74, 6) is 1.06. The average Bonchev–Trinajstić information content (AvgIpc) is 2.87. The Kier molecular flexibility index (Phi) is 4.71. The Labute approximate surface area is 144 Å². The molecule has 1 aromatic carbocycles. The maximum absolute atomic E-state index is 12.1. The number of anilines is 1. The first kappa shape index (κ1) is 16.3. The van der Waals surface area contributed by atoms with Crippen LogP contribution in [-0.4, -0.2) is 33.5 Å². The molecule has 0 bridgehead atoms. The van der Waals surface area contributed by atoms with Crippen LogP contribution in [0.2, 0.25) is 0 Å². The zero-order chi connectivity index (χ0) is 17.1. The number of carbonyl (C=O) groups is 1. The van der Waals surface area contributed by atoms with Gasteiger partial charge in [0.05, 0.1) is 30.4 Å². The second kappa shape index (κ2) is 6.92. The monoisotopic (exact) mass is 342 g/mol. The summed E-state index contributed by atoms with van der Waals surface area (Å²) in [5, 5.41) is 8.15. The van der Waals surface area contributed by atoms with Gasteiger partial charge in [-0.3, -0.25) is 9.48 Å². The van der Waals surface area contributed by atoms with Gasteiger partial charge in [0.15, 0.2) is 5.65 Å². The van der Waals surface area contributed by atoms with Crippen molar-refractivity contribution in [2.45, 2.75) is 11.8 Å². The molecule has 1 amide bonds. The van der Waals surface area contributed by atoms with Crippen molar-refractivity contribution in [3.63, 3.8) is 0 Å². The number of pyridine rings is 1. The molecule has 0 atom stereocenters. The molecule has 0 radical (unpaired) electrons. The van der Waals surface area contributed by atoms with Crippen molar-refractivity contribution in [3.8, 4) is 5.75 Å². The minimum atomic E-state index is -0.0708. The van der Waals surface area contributed by atoms with Gasteiger partial charge in [-0.25, -0.2) is 4.98 Å². The summed E-state index contributed by atoms with van der Waals surface area (Å²) in [6.07, 6.45) is 1.65. The molecule has 0 aliphatic heterocycles. The molecule has 6 nitrogen and oxygen atoms in total. The topological polar surface area (TPSA) is 69.0 Å². The van der Waals surface area contributed by atoms with Gasteiger partial charge in [-0.15, -0.1) is 11.8 Å². The Bertz CT molecular complexity index is 874. The van der Waals surface area contributed by atoms with Gasteiger partial charge in [-0.1, -0.05) is 0 Å². The van der Waals surface area contributed by atoms with E-state index in [4.69, 9.17) is 4.74 Å². The van der Waals surface area contributed by atoms with Gasteiger partial charge < -0.3 is 10.1 Å². The van der Waals surface area contributed by atoms with Crippen molar-refractivity contribution in [1.29, 1.82) is 0 Å². The van der Waals surface area contributed by atoms with Crippen LogP contribution in [0.5, 0.6) is 5.75 Å². The number of hydrogen-bond acceptors (Lipinski definition) is 5. The van der Waals surface area contributed by atoms with E-state index in [0.717, 1.165) is 27.4 Å². The number of ether oxygens (including phenoxy) is 1. The Morgan fingerprint density at radius 1 is 1.33 bits per heavy atom. The van der Waals surface area contributed by atoms with Crippen LogP contribution in [0.15, 0.2) is 41.4 Å². The highest BCUT2D eigenvalue weighted by atomic mass is 32.2. The predicted octanol–water partition coefficient (Wildman–Crippen LogP) is 3.02. The van der Waals surface area contributed by atoms with E-state index >= 15 is 0 Å². The lowest BCUT2D eigenvalue weighted by Crippen LogP contribution is -2.14. The van der Waals surface area contributed by atoms with Crippen LogP contribution in [0.4, 0.5) is 5.69 Å². The van der Waals surface area contributed by atoms with Crippen LogP contribution in [-0.2, 0) is 11.8 Å². The third kappa shape index (κ3) is 3.51. The smallest absolute Gasteiger partial charge is 0.234 e. The molecule has 0 spiro atoms. The third-order valence-corrected chi connectivity index (χ3v) is 4.59. The molecule has 7 heteroatoms. The van der Waals surface area contributed by atoms with Gasteiger partial charge in [0.25, 0.3) is 0 Å². The van der Waals surface area contributed by atoms with Crippen LogP contribution in [0, 0.1) is 6.92 Å². The highest BCUT2D eigenvalue weighted by molar-refractivity contribution is 8.00. The van der Waals surface area contributed by atoms with Gasteiger partial charge in [-0.2, -0.15) is 5.10 Å². The van der Waals surface area contributed by atoms with E-state index in [2.05, 4.69) is 15.4 Å². The normalized spacial score (nSPS) is 10.8. The standard InChI is InChI=1S/C17H18N4O2S/c1-11-15-8-12(9-18-17(15)21(2)20-11)19-16(22)10-24-14-6-4-13(23-3)5-7-14/h4-9H,10H2,1-3H3,(H,19,22). The number of rotatable bonds is 5.